The van der Waals surface area contributed by atoms with Crippen molar-refractivity contribution in [2.45, 2.75) is 51.1 Å². The summed E-state index contributed by atoms with van der Waals surface area (Å²) in [5.41, 5.74) is 0. The molecule has 1 saturated carbocycles. The van der Waals surface area contributed by atoms with Crippen LogP contribution < -0.4 is 5.32 Å². The molecule has 13 heavy (non-hydrogen) atoms. The van der Waals surface area contributed by atoms with E-state index in [0.717, 1.165) is 6.04 Å². The average molecular weight is 184 g/mol. The molecule has 0 heterocycles. The van der Waals surface area contributed by atoms with Gasteiger partial charge < -0.3 is 10.2 Å². The van der Waals surface area contributed by atoms with Crippen molar-refractivity contribution in [1.29, 1.82) is 0 Å². The number of hydrogen-bond acceptors (Lipinski definition) is 2. The normalized spacial score (nSPS) is 20.3. The lowest BCUT2D eigenvalue weighted by molar-refractivity contribution is 0.144. The lowest BCUT2D eigenvalue weighted by Gasteiger charge is -2.36. The molecule has 2 nitrogen and oxygen atoms in total. The highest BCUT2D eigenvalue weighted by molar-refractivity contribution is 4.80. The minimum atomic E-state index is 0.690. The Morgan fingerprint density at radius 2 is 2.15 bits per heavy atom. The third-order valence-electron chi connectivity index (χ3n) is 3.25. The van der Waals surface area contributed by atoms with Crippen LogP contribution in [0.15, 0.2) is 0 Å². The Morgan fingerprint density at radius 1 is 1.46 bits per heavy atom. The van der Waals surface area contributed by atoms with E-state index < -0.39 is 0 Å². The van der Waals surface area contributed by atoms with Crippen LogP contribution in [0.4, 0.5) is 0 Å². The fraction of sp³-hybridized carbons (Fsp3) is 1.00. The molecule has 0 spiro atoms. The van der Waals surface area contributed by atoms with Gasteiger partial charge in [-0.15, -0.1) is 0 Å². The van der Waals surface area contributed by atoms with Gasteiger partial charge in [0.15, 0.2) is 0 Å². The Balaban J connectivity index is 2.18. The minimum absolute atomic E-state index is 0.690. The lowest BCUT2D eigenvalue weighted by atomic mass is 9.91. The molecular weight excluding hydrogens is 160 g/mol. The highest BCUT2D eigenvalue weighted by Crippen LogP contribution is 2.23. The van der Waals surface area contributed by atoms with Crippen molar-refractivity contribution in [1.82, 2.24) is 10.2 Å². The molecule has 0 aromatic heterocycles. The maximum absolute atomic E-state index is 3.40. The van der Waals surface area contributed by atoms with Gasteiger partial charge in [-0.3, -0.25) is 0 Å². The Labute approximate surface area is 82.7 Å². The van der Waals surface area contributed by atoms with Gasteiger partial charge >= 0.3 is 0 Å². The van der Waals surface area contributed by atoms with E-state index >= 15 is 0 Å². The zero-order chi connectivity index (χ0) is 9.68. The van der Waals surface area contributed by atoms with Crippen LogP contribution in [0.1, 0.15) is 39.0 Å². The first kappa shape index (κ1) is 11.0. The van der Waals surface area contributed by atoms with E-state index in [1.807, 2.05) is 0 Å². The molecule has 1 rings (SSSR count). The van der Waals surface area contributed by atoms with Gasteiger partial charge in [0.2, 0.25) is 0 Å². The van der Waals surface area contributed by atoms with E-state index in [0.29, 0.717) is 6.04 Å². The maximum atomic E-state index is 3.40. The summed E-state index contributed by atoms with van der Waals surface area (Å²) in [6.07, 6.45) is 6.85. The van der Waals surface area contributed by atoms with Gasteiger partial charge in [0.05, 0.1) is 0 Å². The van der Waals surface area contributed by atoms with E-state index in [2.05, 4.69) is 31.2 Å². The summed E-state index contributed by atoms with van der Waals surface area (Å²) in [5.74, 6) is 0. The van der Waals surface area contributed by atoms with Gasteiger partial charge in [-0.05, 0) is 33.4 Å². The SMILES string of the molecule is CCCC(CN(C)C1CCC1)NC. The van der Waals surface area contributed by atoms with E-state index in [1.54, 1.807) is 0 Å². The van der Waals surface area contributed by atoms with Crippen molar-refractivity contribution in [2.24, 2.45) is 0 Å². The predicted octanol–water partition coefficient (Wildman–Crippen LogP) is 1.86. The van der Waals surface area contributed by atoms with E-state index in [1.165, 1.54) is 38.6 Å². The molecular formula is C11H24N2. The first-order valence-corrected chi connectivity index (χ1v) is 5.65. The summed E-state index contributed by atoms with van der Waals surface area (Å²) in [4.78, 5) is 2.53. The third kappa shape index (κ3) is 3.28. The second kappa shape index (κ2) is 5.61. The topological polar surface area (TPSA) is 15.3 Å². The summed E-state index contributed by atoms with van der Waals surface area (Å²) in [6.45, 7) is 3.47. The monoisotopic (exact) mass is 184 g/mol. The molecule has 1 atom stereocenters. The van der Waals surface area contributed by atoms with E-state index in [-0.39, 0.29) is 0 Å². The Hall–Kier alpha value is -0.0800. The molecule has 1 unspecified atom stereocenters. The van der Waals surface area contributed by atoms with Gasteiger partial charge in [0.1, 0.15) is 0 Å². The molecule has 0 bridgehead atoms. The van der Waals surface area contributed by atoms with Crippen molar-refractivity contribution in [3.05, 3.63) is 0 Å². The molecule has 2 heteroatoms. The molecule has 0 saturated heterocycles. The third-order valence-corrected chi connectivity index (χ3v) is 3.25. The first-order valence-electron chi connectivity index (χ1n) is 5.65. The Morgan fingerprint density at radius 3 is 2.54 bits per heavy atom. The van der Waals surface area contributed by atoms with Crippen LogP contribution in [0.25, 0.3) is 0 Å². The summed E-state index contributed by atoms with van der Waals surface area (Å²) in [5, 5.41) is 3.40. The van der Waals surface area contributed by atoms with Crippen LogP contribution in [0.2, 0.25) is 0 Å². The molecule has 0 radical (unpaired) electrons. The summed E-state index contributed by atoms with van der Waals surface area (Å²) in [6, 6.07) is 1.57. The molecule has 1 fully saturated rings. The lowest BCUT2D eigenvalue weighted by Crippen LogP contribution is -2.45. The predicted molar refractivity (Wildman–Crippen MR) is 58.0 cm³/mol. The number of hydrogen-bond donors (Lipinski definition) is 1. The quantitative estimate of drug-likeness (QED) is 0.678. The van der Waals surface area contributed by atoms with Crippen LogP contribution in [-0.4, -0.2) is 37.6 Å². The summed E-state index contributed by atoms with van der Waals surface area (Å²) < 4.78 is 0. The van der Waals surface area contributed by atoms with E-state index in [4.69, 9.17) is 0 Å². The molecule has 0 aliphatic heterocycles. The fourth-order valence-corrected chi connectivity index (χ4v) is 2.00. The molecule has 1 N–H and O–H groups in total. The van der Waals surface area contributed by atoms with Crippen LogP contribution in [0.5, 0.6) is 0 Å². The maximum Gasteiger partial charge on any atom is 0.0191 e. The molecule has 1 aliphatic rings. The average Bonchev–Trinajstić information content (AvgIpc) is 2.00. The van der Waals surface area contributed by atoms with Gasteiger partial charge in [-0.1, -0.05) is 19.8 Å². The summed E-state index contributed by atoms with van der Waals surface area (Å²) >= 11 is 0. The van der Waals surface area contributed by atoms with Crippen molar-refractivity contribution in [3.63, 3.8) is 0 Å². The Kier molecular flexibility index (Phi) is 4.74. The summed E-state index contributed by atoms with van der Waals surface area (Å²) in [7, 11) is 4.35. The first-order chi connectivity index (χ1) is 6.27. The van der Waals surface area contributed by atoms with Gasteiger partial charge in [-0.25, -0.2) is 0 Å². The van der Waals surface area contributed by atoms with Crippen molar-refractivity contribution < 1.29 is 0 Å². The van der Waals surface area contributed by atoms with Crippen molar-refractivity contribution in [2.75, 3.05) is 20.6 Å². The van der Waals surface area contributed by atoms with Crippen LogP contribution in [0.3, 0.4) is 0 Å². The second-order valence-corrected chi connectivity index (χ2v) is 4.30. The highest BCUT2D eigenvalue weighted by atomic mass is 15.2. The van der Waals surface area contributed by atoms with Gasteiger partial charge in [0.25, 0.3) is 0 Å². The van der Waals surface area contributed by atoms with Gasteiger partial charge in [-0.2, -0.15) is 0 Å². The van der Waals surface area contributed by atoms with Crippen molar-refractivity contribution >= 4 is 0 Å². The number of nitrogens with one attached hydrogen (secondary N) is 1. The smallest absolute Gasteiger partial charge is 0.0191 e. The van der Waals surface area contributed by atoms with E-state index in [9.17, 15) is 0 Å². The second-order valence-electron chi connectivity index (χ2n) is 4.30. The number of nitrogens with zero attached hydrogens (tertiary/aromatic N) is 1. The van der Waals surface area contributed by atoms with Crippen molar-refractivity contribution in [3.8, 4) is 0 Å². The fourth-order valence-electron chi connectivity index (χ4n) is 2.00. The van der Waals surface area contributed by atoms with Crippen LogP contribution in [-0.2, 0) is 0 Å². The Bertz CT molecular complexity index is 132. The number of rotatable bonds is 6. The highest BCUT2D eigenvalue weighted by Gasteiger charge is 2.23. The minimum Gasteiger partial charge on any atom is -0.316 e. The molecule has 1 aliphatic carbocycles. The molecule has 0 aromatic carbocycles. The van der Waals surface area contributed by atoms with Crippen LogP contribution in [0, 0.1) is 0 Å². The zero-order valence-corrected chi connectivity index (χ0v) is 9.34. The molecule has 0 aromatic rings. The zero-order valence-electron chi connectivity index (χ0n) is 9.34. The molecule has 0 amide bonds. The largest absolute Gasteiger partial charge is 0.316 e. The molecule has 78 valence electrons. The standard InChI is InChI=1S/C11H24N2/c1-4-6-10(12-2)9-13(3)11-7-5-8-11/h10-12H,4-9H2,1-3H3. The van der Waals surface area contributed by atoms with Crippen LogP contribution >= 0.6 is 0 Å². The number of likely N-dealkylation sites (N-methyl/N-ethyl adjacent to an activating group) is 2. The van der Waals surface area contributed by atoms with Gasteiger partial charge in [0, 0.05) is 18.6 Å².